The van der Waals surface area contributed by atoms with Crippen LogP contribution in [0.5, 0.6) is 11.5 Å². The minimum atomic E-state index is 0.500. The smallest absolute Gasteiger partial charge is 0.137 e. The third kappa shape index (κ3) is 4.46. The highest BCUT2D eigenvalue weighted by atomic mass is 35.5. The second-order valence-electron chi connectivity index (χ2n) is 6.53. The van der Waals surface area contributed by atoms with Crippen LogP contribution in [0, 0.1) is 0 Å². The molecule has 1 N–H and O–H groups in total. The van der Waals surface area contributed by atoms with Gasteiger partial charge in [-0.2, -0.15) is 0 Å². The Kier molecular flexibility index (Phi) is 5.86. The topological polar surface area (TPSA) is 48.3 Å². The molecule has 0 saturated carbocycles. The van der Waals surface area contributed by atoms with Gasteiger partial charge in [-0.05, 0) is 48.5 Å². The van der Waals surface area contributed by atoms with E-state index in [-0.39, 0.29) is 0 Å². The number of hydrogen-bond donors (Lipinski definition) is 1. The second kappa shape index (κ2) is 8.88. The molecule has 29 heavy (non-hydrogen) atoms. The first kappa shape index (κ1) is 19.2. The molecule has 1 heterocycles. The van der Waals surface area contributed by atoms with E-state index in [4.69, 9.17) is 26.1 Å². The Balaban J connectivity index is 1.50. The molecule has 3 aromatic carbocycles. The first-order valence-electron chi connectivity index (χ1n) is 9.44. The summed E-state index contributed by atoms with van der Waals surface area (Å²) in [5.41, 5.74) is 3.07. The van der Waals surface area contributed by atoms with Gasteiger partial charge in [0, 0.05) is 5.69 Å². The van der Waals surface area contributed by atoms with Gasteiger partial charge >= 0.3 is 0 Å². The number of imidazole rings is 1. The van der Waals surface area contributed by atoms with Crippen molar-refractivity contribution < 1.29 is 9.47 Å². The molecular formula is C23H22ClN3O2. The van der Waals surface area contributed by atoms with Gasteiger partial charge in [-0.3, -0.25) is 0 Å². The van der Waals surface area contributed by atoms with E-state index in [2.05, 4.69) is 16.0 Å². The van der Waals surface area contributed by atoms with Crippen LogP contribution in [0.2, 0.25) is 5.02 Å². The van der Waals surface area contributed by atoms with Crippen LogP contribution in [0.15, 0.2) is 72.8 Å². The highest BCUT2D eigenvalue weighted by molar-refractivity contribution is 6.32. The van der Waals surface area contributed by atoms with Crippen LogP contribution in [0.1, 0.15) is 5.82 Å². The number of para-hydroxylation sites is 3. The van der Waals surface area contributed by atoms with Crippen LogP contribution in [0.3, 0.4) is 0 Å². The first-order valence-corrected chi connectivity index (χ1v) is 9.82. The van der Waals surface area contributed by atoms with Crippen molar-refractivity contribution in [2.24, 2.45) is 0 Å². The third-order valence-corrected chi connectivity index (χ3v) is 5.00. The van der Waals surface area contributed by atoms with Crippen LogP contribution < -0.4 is 14.8 Å². The van der Waals surface area contributed by atoms with Crippen molar-refractivity contribution in [3.63, 3.8) is 0 Å². The molecule has 4 aromatic rings. The van der Waals surface area contributed by atoms with E-state index < -0.39 is 0 Å². The summed E-state index contributed by atoms with van der Waals surface area (Å²) in [4.78, 5) is 4.80. The molecule has 0 radical (unpaired) electrons. The molecule has 6 heteroatoms. The van der Waals surface area contributed by atoms with Gasteiger partial charge in [0.1, 0.15) is 23.9 Å². The van der Waals surface area contributed by atoms with Gasteiger partial charge in [-0.1, -0.05) is 35.9 Å². The summed E-state index contributed by atoms with van der Waals surface area (Å²) >= 11 is 6.19. The van der Waals surface area contributed by atoms with Gasteiger partial charge in [0.05, 0.1) is 36.3 Å². The number of rotatable bonds is 8. The minimum absolute atomic E-state index is 0.500. The molecule has 5 nitrogen and oxygen atoms in total. The van der Waals surface area contributed by atoms with Crippen LogP contribution in [-0.2, 0) is 13.1 Å². The number of fused-ring (bicyclic) bond motifs is 1. The summed E-state index contributed by atoms with van der Waals surface area (Å²) in [5.74, 6) is 2.47. The lowest BCUT2D eigenvalue weighted by molar-refractivity contribution is 0.298. The molecule has 4 rings (SSSR count). The van der Waals surface area contributed by atoms with Crippen molar-refractivity contribution in [1.82, 2.24) is 9.55 Å². The van der Waals surface area contributed by atoms with E-state index in [0.29, 0.717) is 30.5 Å². The summed E-state index contributed by atoms with van der Waals surface area (Å²) in [5, 5.41) is 4.05. The molecule has 0 unspecified atom stereocenters. The molecule has 0 amide bonds. The number of nitrogens with one attached hydrogen (secondary N) is 1. The van der Waals surface area contributed by atoms with E-state index in [1.54, 1.807) is 7.11 Å². The molecule has 0 fully saturated rings. The summed E-state index contributed by atoms with van der Waals surface area (Å²) in [6.07, 6.45) is 0. The zero-order valence-electron chi connectivity index (χ0n) is 16.1. The van der Waals surface area contributed by atoms with E-state index >= 15 is 0 Å². The van der Waals surface area contributed by atoms with Gasteiger partial charge in [-0.25, -0.2) is 4.98 Å². The number of halogens is 1. The largest absolute Gasteiger partial charge is 0.497 e. The third-order valence-electron chi connectivity index (χ3n) is 4.68. The summed E-state index contributed by atoms with van der Waals surface area (Å²) in [7, 11) is 1.66. The predicted octanol–water partition coefficient (Wildman–Crippen LogP) is 5.39. The molecule has 0 bridgehead atoms. The van der Waals surface area contributed by atoms with Crippen molar-refractivity contribution in [3.05, 3.63) is 83.6 Å². The number of benzene rings is 3. The fourth-order valence-corrected chi connectivity index (χ4v) is 3.40. The number of ether oxygens (including phenoxy) is 2. The fourth-order valence-electron chi connectivity index (χ4n) is 3.21. The number of methoxy groups -OCH3 is 1. The van der Waals surface area contributed by atoms with Crippen molar-refractivity contribution >= 4 is 28.3 Å². The highest BCUT2D eigenvalue weighted by Crippen LogP contribution is 2.24. The van der Waals surface area contributed by atoms with Crippen molar-refractivity contribution in [1.29, 1.82) is 0 Å². The van der Waals surface area contributed by atoms with Gasteiger partial charge < -0.3 is 19.4 Å². The lowest BCUT2D eigenvalue weighted by Crippen LogP contribution is -2.13. The van der Waals surface area contributed by atoms with E-state index in [0.717, 1.165) is 28.3 Å². The fraction of sp³-hybridized carbons (Fsp3) is 0.174. The number of aromatic nitrogens is 2. The Hall–Kier alpha value is -3.18. The zero-order valence-corrected chi connectivity index (χ0v) is 16.9. The lowest BCUT2D eigenvalue weighted by atomic mass is 10.3. The highest BCUT2D eigenvalue weighted by Gasteiger charge is 2.11. The summed E-state index contributed by atoms with van der Waals surface area (Å²) in [6, 6.07) is 23.5. The maximum atomic E-state index is 6.19. The normalized spacial score (nSPS) is 10.8. The molecule has 1 aromatic heterocycles. The number of anilines is 1. The average Bonchev–Trinajstić information content (AvgIpc) is 3.11. The number of hydrogen-bond acceptors (Lipinski definition) is 4. The Morgan fingerprint density at radius 3 is 2.52 bits per heavy atom. The molecule has 0 spiro atoms. The maximum Gasteiger partial charge on any atom is 0.137 e. The van der Waals surface area contributed by atoms with Gasteiger partial charge in [0.15, 0.2) is 0 Å². The molecule has 0 aliphatic carbocycles. The Morgan fingerprint density at radius 2 is 1.72 bits per heavy atom. The molecule has 0 saturated heterocycles. The summed E-state index contributed by atoms with van der Waals surface area (Å²) < 4.78 is 13.3. The molecular weight excluding hydrogens is 386 g/mol. The van der Waals surface area contributed by atoms with E-state index in [1.807, 2.05) is 66.7 Å². The standard InChI is InChI=1S/C23H22ClN3O2/c1-28-18-12-10-17(11-13-18)25-16-23-26-20-7-3-4-8-21(20)27(23)14-15-29-22-9-5-2-6-19(22)24/h2-13,25H,14-16H2,1H3. The van der Waals surface area contributed by atoms with Crippen molar-refractivity contribution in [2.45, 2.75) is 13.1 Å². The molecule has 0 aliphatic heterocycles. The molecule has 0 atom stereocenters. The minimum Gasteiger partial charge on any atom is -0.497 e. The Bertz CT molecular complexity index is 1090. The predicted molar refractivity (Wildman–Crippen MR) is 117 cm³/mol. The van der Waals surface area contributed by atoms with E-state index in [9.17, 15) is 0 Å². The lowest BCUT2D eigenvalue weighted by Gasteiger charge is -2.13. The Morgan fingerprint density at radius 1 is 0.966 bits per heavy atom. The van der Waals surface area contributed by atoms with E-state index in [1.165, 1.54) is 0 Å². The van der Waals surface area contributed by atoms with Crippen molar-refractivity contribution in [3.8, 4) is 11.5 Å². The molecule has 148 valence electrons. The molecule has 0 aliphatic rings. The zero-order chi connectivity index (χ0) is 20.1. The SMILES string of the molecule is COc1ccc(NCc2nc3ccccc3n2CCOc2ccccc2Cl)cc1. The van der Waals surface area contributed by atoms with Gasteiger partial charge in [0.2, 0.25) is 0 Å². The average molecular weight is 408 g/mol. The quantitative estimate of drug-likeness (QED) is 0.425. The summed E-state index contributed by atoms with van der Waals surface area (Å²) in [6.45, 7) is 1.78. The monoisotopic (exact) mass is 407 g/mol. The number of nitrogens with zero attached hydrogens (tertiary/aromatic N) is 2. The second-order valence-corrected chi connectivity index (χ2v) is 6.94. The van der Waals surface area contributed by atoms with Crippen LogP contribution in [0.4, 0.5) is 5.69 Å². The van der Waals surface area contributed by atoms with Crippen LogP contribution in [-0.4, -0.2) is 23.3 Å². The van der Waals surface area contributed by atoms with Crippen LogP contribution >= 0.6 is 11.6 Å². The van der Waals surface area contributed by atoms with Gasteiger partial charge in [0.25, 0.3) is 0 Å². The van der Waals surface area contributed by atoms with Crippen LogP contribution in [0.25, 0.3) is 11.0 Å². The maximum absolute atomic E-state index is 6.19. The Labute approximate surface area is 174 Å². The first-order chi connectivity index (χ1) is 14.2. The van der Waals surface area contributed by atoms with Gasteiger partial charge in [-0.15, -0.1) is 0 Å². The van der Waals surface area contributed by atoms with Crippen molar-refractivity contribution in [2.75, 3.05) is 19.0 Å².